The van der Waals surface area contributed by atoms with Gasteiger partial charge in [-0.3, -0.25) is 4.79 Å². The van der Waals surface area contributed by atoms with Gasteiger partial charge in [0.15, 0.2) is 0 Å². The van der Waals surface area contributed by atoms with Gasteiger partial charge in [-0.2, -0.15) is 0 Å². The highest BCUT2D eigenvalue weighted by Crippen LogP contribution is 2.24. The smallest absolute Gasteiger partial charge is 0.256 e. The number of aliphatic hydroxyl groups is 1. The lowest BCUT2D eigenvalue weighted by Gasteiger charge is -2.34. The van der Waals surface area contributed by atoms with E-state index in [1.165, 1.54) is 18.5 Å². The topological polar surface area (TPSA) is 69.2 Å². The Morgan fingerprint density at radius 3 is 3.14 bits per heavy atom. The highest BCUT2D eigenvalue weighted by molar-refractivity contribution is 6.04. The van der Waals surface area contributed by atoms with Crippen LogP contribution in [0.5, 0.6) is 0 Å². The molecule has 0 spiro atoms. The first-order valence-corrected chi connectivity index (χ1v) is 7.16. The molecule has 1 fully saturated rings. The number of piperidine rings is 1. The van der Waals surface area contributed by atoms with Gasteiger partial charge in [0.25, 0.3) is 5.91 Å². The number of hydrogen-bond donors (Lipinski definition) is 2. The van der Waals surface area contributed by atoms with Crippen molar-refractivity contribution in [3.8, 4) is 0 Å². The molecule has 2 N–H and O–H groups in total. The van der Waals surface area contributed by atoms with Crippen molar-refractivity contribution in [2.45, 2.75) is 25.9 Å². The minimum absolute atomic E-state index is 0.0749. The van der Waals surface area contributed by atoms with Crippen LogP contribution >= 0.6 is 0 Å². The number of imidazole rings is 1. The predicted molar refractivity (Wildman–Crippen MR) is 76.4 cm³/mol. The predicted octanol–water partition coefficient (Wildman–Crippen LogP) is 1.94. The highest BCUT2D eigenvalue weighted by atomic mass is 19.1. The average molecular weight is 291 g/mol. The molecule has 1 aromatic heterocycles. The van der Waals surface area contributed by atoms with Crippen LogP contribution in [-0.2, 0) is 0 Å². The van der Waals surface area contributed by atoms with Gasteiger partial charge in [-0.15, -0.1) is 0 Å². The zero-order chi connectivity index (χ0) is 15.0. The Bertz CT molecular complexity index is 668. The molecule has 5 nitrogen and oxygen atoms in total. The van der Waals surface area contributed by atoms with Crippen molar-refractivity contribution in [2.24, 2.45) is 5.92 Å². The second-order valence-electron chi connectivity index (χ2n) is 5.65. The fourth-order valence-corrected chi connectivity index (χ4v) is 2.94. The summed E-state index contributed by atoms with van der Waals surface area (Å²) in [5.74, 6) is -0.609. The van der Waals surface area contributed by atoms with Gasteiger partial charge in [-0.25, -0.2) is 9.37 Å². The number of amides is 1. The minimum Gasteiger partial charge on any atom is -0.393 e. The van der Waals surface area contributed by atoms with Gasteiger partial charge in [-0.05, 0) is 31.9 Å². The van der Waals surface area contributed by atoms with Gasteiger partial charge in [-0.1, -0.05) is 0 Å². The molecule has 2 atom stereocenters. The Morgan fingerprint density at radius 1 is 1.57 bits per heavy atom. The van der Waals surface area contributed by atoms with E-state index in [1.807, 2.05) is 0 Å². The number of likely N-dealkylation sites (tertiary alicyclic amines) is 1. The summed E-state index contributed by atoms with van der Waals surface area (Å²) >= 11 is 0. The number of aromatic nitrogens is 2. The van der Waals surface area contributed by atoms with Crippen molar-refractivity contribution >= 4 is 16.9 Å². The lowest BCUT2D eigenvalue weighted by atomic mass is 9.93. The Hall–Kier alpha value is -1.95. The van der Waals surface area contributed by atoms with Crippen LogP contribution in [0.4, 0.5) is 4.39 Å². The minimum atomic E-state index is -0.459. The first kappa shape index (κ1) is 14.0. The average Bonchev–Trinajstić information content (AvgIpc) is 2.93. The summed E-state index contributed by atoms with van der Waals surface area (Å²) in [7, 11) is 0. The molecule has 6 heteroatoms. The molecule has 1 saturated heterocycles. The Morgan fingerprint density at radius 2 is 2.38 bits per heavy atom. The third-order valence-electron chi connectivity index (χ3n) is 4.15. The van der Waals surface area contributed by atoms with E-state index in [-0.39, 0.29) is 17.4 Å². The van der Waals surface area contributed by atoms with Crippen molar-refractivity contribution in [2.75, 3.05) is 13.1 Å². The normalized spacial score (nSPS) is 20.7. The van der Waals surface area contributed by atoms with Crippen molar-refractivity contribution < 1.29 is 14.3 Å². The second kappa shape index (κ2) is 5.44. The quantitative estimate of drug-likeness (QED) is 0.888. The Kier molecular flexibility index (Phi) is 3.63. The molecule has 2 unspecified atom stereocenters. The van der Waals surface area contributed by atoms with Gasteiger partial charge in [0.1, 0.15) is 11.3 Å². The van der Waals surface area contributed by atoms with Crippen LogP contribution in [0.25, 0.3) is 11.0 Å². The fourth-order valence-electron chi connectivity index (χ4n) is 2.94. The number of hydrogen-bond acceptors (Lipinski definition) is 3. The molecule has 1 aliphatic heterocycles. The summed E-state index contributed by atoms with van der Waals surface area (Å²) in [4.78, 5) is 21.3. The molecule has 0 saturated carbocycles. The summed E-state index contributed by atoms with van der Waals surface area (Å²) < 4.78 is 13.6. The molecule has 0 aliphatic carbocycles. The van der Waals surface area contributed by atoms with Crippen LogP contribution in [0.15, 0.2) is 18.5 Å². The number of H-pyrrole nitrogens is 1. The van der Waals surface area contributed by atoms with Crippen molar-refractivity contribution in [3.05, 3.63) is 29.8 Å². The molecule has 0 bridgehead atoms. The zero-order valence-electron chi connectivity index (χ0n) is 11.8. The van der Waals surface area contributed by atoms with Gasteiger partial charge in [0.05, 0.1) is 23.5 Å². The summed E-state index contributed by atoms with van der Waals surface area (Å²) in [6, 6.07) is 2.56. The second-order valence-corrected chi connectivity index (χ2v) is 5.65. The zero-order valence-corrected chi connectivity index (χ0v) is 11.8. The Balaban J connectivity index is 1.91. The third-order valence-corrected chi connectivity index (χ3v) is 4.15. The van der Waals surface area contributed by atoms with Crippen LogP contribution in [0.1, 0.15) is 30.1 Å². The highest BCUT2D eigenvalue weighted by Gasteiger charge is 2.28. The molecule has 0 radical (unpaired) electrons. The molecular formula is C15H18FN3O2. The number of nitrogens with one attached hydrogen (secondary N) is 1. The molecule has 1 aliphatic rings. The molecule has 2 heterocycles. The number of nitrogens with zero attached hydrogens (tertiary/aromatic N) is 2. The van der Waals surface area contributed by atoms with E-state index < -0.39 is 11.9 Å². The third kappa shape index (κ3) is 2.63. The Labute approximate surface area is 121 Å². The number of aliphatic hydroxyl groups excluding tert-OH is 1. The molecule has 1 amide bonds. The number of aromatic amines is 1. The van der Waals surface area contributed by atoms with E-state index in [9.17, 15) is 14.3 Å². The van der Waals surface area contributed by atoms with Gasteiger partial charge in [0, 0.05) is 19.0 Å². The van der Waals surface area contributed by atoms with Crippen molar-refractivity contribution in [1.29, 1.82) is 0 Å². The maximum atomic E-state index is 13.6. The summed E-state index contributed by atoms with van der Waals surface area (Å²) in [6.07, 6.45) is 2.76. The fraction of sp³-hybridized carbons (Fsp3) is 0.467. The first-order valence-electron chi connectivity index (χ1n) is 7.16. The van der Waals surface area contributed by atoms with Crippen LogP contribution < -0.4 is 0 Å². The monoisotopic (exact) mass is 291 g/mol. The summed E-state index contributed by atoms with van der Waals surface area (Å²) in [5, 5.41) is 9.71. The van der Waals surface area contributed by atoms with Crippen LogP contribution in [0, 0.1) is 11.7 Å². The van der Waals surface area contributed by atoms with E-state index in [4.69, 9.17) is 0 Å². The van der Waals surface area contributed by atoms with E-state index >= 15 is 0 Å². The molecule has 21 heavy (non-hydrogen) atoms. The van der Waals surface area contributed by atoms with E-state index in [1.54, 1.807) is 11.8 Å². The van der Waals surface area contributed by atoms with E-state index in [0.717, 1.165) is 12.8 Å². The van der Waals surface area contributed by atoms with Crippen LogP contribution in [0.2, 0.25) is 0 Å². The van der Waals surface area contributed by atoms with Crippen LogP contribution in [-0.4, -0.2) is 45.1 Å². The number of carbonyl (C=O) groups excluding carboxylic acids is 1. The number of fused-ring (bicyclic) bond motifs is 1. The molecule has 112 valence electrons. The maximum Gasteiger partial charge on any atom is 0.256 e. The summed E-state index contributed by atoms with van der Waals surface area (Å²) in [5.41, 5.74) is 1.28. The van der Waals surface area contributed by atoms with Crippen molar-refractivity contribution in [3.63, 3.8) is 0 Å². The van der Waals surface area contributed by atoms with E-state index in [2.05, 4.69) is 9.97 Å². The first-order chi connectivity index (χ1) is 10.1. The molecule has 3 rings (SSSR count). The molecule has 2 aromatic rings. The number of rotatable bonds is 2. The van der Waals surface area contributed by atoms with E-state index in [0.29, 0.717) is 24.1 Å². The number of carbonyl (C=O) groups is 1. The lowest BCUT2D eigenvalue weighted by molar-refractivity contribution is 0.0467. The van der Waals surface area contributed by atoms with Gasteiger partial charge < -0.3 is 15.0 Å². The summed E-state index contributed by atoms with van der Waals surface area (Å²) in [6.45, 7) is 2.87. The lowest BCUT2D eigenvalue weighted by Crippen LogP contribution is -2.43. The van der Waals surface area contributed by atoms with Crippen molar-refractivity contribution in [1.82, 2.24) is 14.9 Å². The van der Waals surface area contributed by atoms with Crippen LogP contribution in [0.3, 0.4) is 0 Å². The van der Waals surface area contributed by atoms with Gasteiger partial charge >= 0.3 is 0 Å². The maximum absolute atomic E-state index is 13.6. The molecule has 1 aromatic carbocycles. The number of halogens is 1. The SMILES string of the molecule is CC(O)C1CCCN(C(=O)c2cc(F)cc3[nH]cnc23)C1. The largest absolute Gasteiger partial charge is 0.393 e. The van der Waals surface area contributed by atoms with Gasteiger partial charge in [0.2, 0.25) is 0 Å². The molecular weight excluding hydrogens is 273 g/mol. The number of benzene rings is 1. The standard InChI is InChI=1S/C15H18FN3O2/c1-9(20)10-3-2-4-19(7-10)15(21)12-5-11(16)6-13-14(12)18-8-17-13/h5-6,8-10,20H,2-4,7H2,1H3,(H,17,18).